The molecule has 18 heavy (non-hydrogen) atoms. The highest BCUT2D eigenvalue weighted by atomic mass is 79.9. The third-order valence-corrected chi connectivity index (χ3v) is 3.03. The number of hydrogen-bond acceptors (Lipinski definition) is 2. The van der Waals surface area contributed by atoms with Crippen molar-refractivity contribution >= 4 is 21.7 Å². The molecule has 0 atom stereocenters. The first kappa shape index (κ1) is 15.2. The molecule has 0 aromatic heterocycles. The van der Waals surface area contributed by atoms with Crippen LogP contribution in [0.5, 0.6) is 5.75 Å². The van der Waals surface area contributed by atoms with Crippen molar-refractivity contribution in [3.8, 4) is 5.75 Å². The van der Waals surface area contributed by atoms with Gasteiger partial charge in [-0.3, -0.25) is 4.79 Å². The Morgan fingerprint density at radius 3 is 2.50 bits per heavy atom. The summed E-state index contributed by atoms with van der Waals surface area (Å²) in [6, 6.07) is 5.54. The fraction of sp³-hybridized carbons (Fsp3) is 0.533. The summed E-state index contributed by atoms with van der Waals surface area (Å²) in [6.45, 7) is 8.96. The van der Waals surface area contributed by atoms with E-state index in [1.165, 1.54) is 0 Å². The Kier molecular flexibility index (Phi) is 5.39. The van der Waals surface area contributed by atoms with Crippen LogP contribution in [0.4, 0.5) is 0 Å². The number of carbonyl (C=O) groups excluding carboxylic acids is 1. The van der Waals surface area contributed by atoms with Gasteiger partial charge in [-0.05, 0) is 46.0 Å². The molecule has 0 aliphatic rings. The van der Waals surface area contributed by atoms with E-state index in [1.54, 1.807) is 0 Å². The monoisotopic (exact) mass is 312 g/mol. The molecule has 0 saturated carbocycles. The number of halogens is 1. The van der Waals surface area contributed by atoms with Gasteiger partial charge in [-0.2, -0.15) is 0 Å². The molecule has 0 saturated heterocycles. The van der Waals surface area contributed by atoms with Gasteiger partial charge in [-0.15, -0.1) is 0 Å². The zero-order chi connectivity index (χ0) is 13.8. The Morgan fingerprint density at radius 2 is 2.00 bits per heavy atom. The Labute approximate surface area is 118 Å². The number of rotatable bonds is 5. The van der Waals surface area contributed by atoms with Gasteiger partial charge < -0.3 is 4.74 Å². The molecule has 0 radical (unpaired) electrons. The normalized spacial score (nSPS) is 11.4. The van der Waals surface area contributed by atoms with Crippen LogP contribution in [0.1, 0.15) is 50.9 Å². The Bertz CT molecular complexity index is 419. The van der Waals surface area contributed by atoms with E-state index in [2.05, 4.69) is 43.6 Å². The molecule has 0 spiro atoms. The van der Waals surface area contributed by atoms with Crippen LogP contribution < -0.4 is 4.74 Å². The van der Waals surface area contributed by atoms with Gasteiger partial charge in [-0.1, -0.05) is 27.7 Å². The molecule has 0 N–H and O–H groups in total. The number of Topliss-reactive ketones (excluding diaryl/α,β-unsaturated/α-hetero) is 1. The Morgan fingerprint density at radius 1 is 1.33 bits per heavy atom. The molecule has 0 heterocycles. The van der Waals surface area contributed by atoms with E-state index in [4.69, 9.17) is 4.74 Å². The Balaban J connectivity index is 2.80. The summed E-state index contributed by atoms with van der Waals surface area (Å²) < 4.78 is 6.41. The second kappa shape index (κ2) is 6.37. The molecular weight excluding hydrogens is 292 g/mol. The molecule has 1 aromatic rings. The van der Waals surface area contributed by atoms with Crippen molar-refractivity contribution in [3.05, 3.63) is 28.2 Å². The number of benzene rings is 1. The van der Waals surface area contributed by atoms with Gasteiger partial charge in [0.05, 0.1) is 11.1 Å². The van der Waals surface area contributed by atoms with E-state index in [0.717, 1.165) is 22.2 Å². The summed E-state index contributed by atoms with van der Waals surface area (Å²) in [5.41, 5.74) is 0.752. The lowest BCUT2D eigenvalue weighted by Gasteiger charge is -2.17. The molecule has 2 nitrogen and oxygen atoms in total. The minimum Gasteiger partial charge on any atom is -0.492 e. The fourth-order valence-electron chi connectivity index (χ4n) is 1.59. The highest BCUT2D eigenvalue weighted by molar-refractivity contribution is 9.10. The molecule has 1 rings (SSSR count). The topological polar surface area (TPSA) is 26.3 Å². The number of hydrogen-bond donors (Lipinski definition) is 0. The minimum absolute atomic E-state index is 0.0148. The van der Waals surface area contributed by atoms with Crippen molar-refractivity contribution < 1.29 is 9.53 Å². The molecule has 0 bridgehead atoms. The van der Waals surface area contributed by atoms with E-state index in [0.29, 0.717) is 13.0 Å². The van der Waals surface area contributed by atoms with Crippen molar-refractivity contribution in [1.29, 1.82) is 0 Å². The predicted molar refractivity (Wildman–Crippen MR) is 78.3 cm³/mol. The zero-order valence-corrected chi connectivity index (χ0v) is 13.1. The van der Waals surface area contributed by atoms with E-state index in [9.17, 15) is 4.79 Å². The molecular formula is C15H21BrO2. The third kappa shape index (κ3) is 4.81. The third-order valence-electron chi connectivity index (χ3n) is 2.41. The van der Waals surface area contributed by atoms with E-state index >= 15 is 0 Å². The highest BCUT2D eigenvalue weighted by Crippen LogP contribution is 2.28. The lowest BCUT2D eigenvalue weighted by molar-refractivity contribution is 0.0940. The maximum absolute atomic E-state index is 12.1. The standard InChI is InChI=1S/C15H21BrO2/c1-5-8-18-14-7-6-11(9-12(14)16)13(17)10-15(2,3)4/h6-7,9H,5,8,10H2,1-4H3. The lowest BCUT2D eigenvalue weighted by atomic mass is 9.88. The molecule has 0 aliphatic carbocycles. The quantitative estimate of drug-likeness (QED) is 0.726. The predicted octanol–water partition coefficient (Wildman–Crippen LogP) is 4.86. The van der Waals surface area contributed by atoms with Gasteiger partial charge in [-0.25, -0.2) is 0 Å². The molecule has 3 heteroatoms. The highest BCUT2D eigenvalue weighted by Gasteiger charge is 2.18. The van der Waals surface area contributed by atoms with Gasteiger partial charge in [0.15, 0.2) is 5.78 Å². The molecule has 100 valence electrons. The van der Waals surface area contributed by atoms with Crippen LogP contribution in [0.25, 0.3) is 0 Å². The number of ketones is 1. The second-order valence-electron chi connectivity index (χ2n) is 5.65. The van der Waals surface area contributed by atoms with Crippen molar-refractivity contribution in [2.45, 2.75) is 40.5 Å². The van der Waals surface area contributed by atoms with Crippen LogP contribution in [-0.2, 0) is 0 Å². The minimum atomic E-state index is 0.0148. The summed E-state index contributed by atoms with van der Waals surface area (Å²) in [6.07, 6.45) is 1.52. The van der Waals surface area contributed by atoms with Gasteiger partial charge in [0.1, 0.15) is 5.75 Å². The first-order valence-corrected chi connectivity index (χ1v) is 7.08. The number of carbonyl (C=O) groups is 1. The number of ether oxygens (including phenoxy) is 1. The van der Waals surface area contributed by atoms with Crippen molar-refractivity contribution in [2.24, 2.45) is 5.41 Å². The van der Waals surface area contributed by atoms with Crippen molar-refractivity contribution in [1.82, 2.24) is 0 Å². The van der Waals surface area contributed by atoms with Crippen LogP contribution in [0.3, 0.4) is 0 Å². The van der Waals surface area contributed by atoms with Crippen LogP contribution in [0.2, 0.25) is 0 Å². The maximum Gasteiger partial charge on any atom is 0.163 e. The largest absolute Gasteiger partial charge is 0.492 e. The summed E-state index contributed by atoms with van der Waals surface area (Å²) >= 11 is 3.45. The van der Waals surface area contributed by atoms with E-state index in [-0.39, 0.29) is 11.2 Å². The SMILES string of the molecule is CCCOc1ccc(C(=O)CC(C)(C)C)cc1Br. The smallest absolute Gasteiger partial charge is 0.163 e. The van der Waals surface area contributed by atoms with Crippen LogP contribution in [-0.4, -0.2) is 12.4 Å². The molecule has 0 fully saturated rings. The summed E-state index contributed by atoms with van der Waals surface area (Å²) in [7, 11) is 0. The summed E-state index contributed by atoms with van der Waals surface area (Å²) in [5, 5.41) is 0. The van der Waals surface area contributed by atoms with Crippen molar-refractivity contribution in [2.75, 3.05) is 6.61 Å². The van der Waals surface area contributed by atoms with Gasteiger partial charge in [0, 0.05) is 12.0 Å². The second-order valence-corrected chi connectivity index (χ2v) is 6.51. The van der Waals surface area contributed by atoms with Gasteiger partial charge in [0.25, 0.3) is 0 Å². The average Bonchev–Trinajstić information content (AvgIpc) is 2.25. The van der Waals surface area contributed by atoms with Crippen LogP contribution >= 0.6 is 15.9 Å². The molecule has 0 aliphatic heterocycles. The Hall–Kier alpha value is -0.830. The van der Waals surface area contributed by atoms with E-state index in [1.807, 2.05) is 18.2 Å². The summed E-state index contributed by atoms with van der Waals surface area (Å²) in [4.78, 5) is 12.1. The van der Waals surface area contributed by atoms with Crippen LogP contribution in [0, 0.1) is 5.41 Å². The first-order chi connectivity index (χ1) is 8.33. The van der Waals surface area contributed by atoms with Gasteiger partial charge in [0.2, 0.25) is 0 Å². The molecule has 0 unspecified atom stereocenters. The summed E-state index contributed by atoms with van der Waals surface area (Å²) in [5.74, 6) is 0.967. The first-order valence-electron chi connectivity index (χ1n) is 6.29. The average molecular weight is 313 g/mol. The molecule has 0 amide bonds. The molecule has 1 aromatic carbocycles. The van der Waals surface area contributed by atoms with E-state index < -0.39 is 0 Å². The van der Waals surface area contributed by atoms with Crippen molar-refractivity contribution in [3.63, 3.8) is 0 Å². The zero-order valence-electron chi connectivity index (χ0n) is 11.5. The van der Waals surface area contributed by atoms with Gasteiger partial charge >= 0.3 is 0 Å². The lowest BCUT2D eigenvalue weighted by Crippen LogP contribution is -2.13. The fourth-order valence-corrected chi connectivity index (χ4v) is 2.08. The van der Waals surface area contributed by atoms with Crippen LogP contribution in [0.15, 0.2) is 22.7 Å². The maximum atomic E-state index is 12.1.